The summed E-state index contributed by atoms with van der Waals surface area (Å²) in [6.45, 7) is 0.744. The number of anilines is 2. The molecular formula is C27H28FN3O2. The summed E-state index contributed by atoms with van der Waals surface area (Å²) in [5, 5.41) is 3.00. The van der Waals surface area contributed by atoms with Gasteiger partial charge in [-0.3, -0.25) is 9.59 Å². The first-order valence-electron chi connectivity index (χ1n) is 11.1. The lowest BCUT2D eigenvalue weighted by atomic mass is 10.1. The number of halogens is 1. The Hall–Kier alpha value is -3.67. The normalized spacial score (nSPS) is 12.8. The van der Waals surface area contributed by atoms with E-state index in [1.807, 2.05) is 67.5 Å². The molecule has 1 aliphatic rings. The van der Waals surface area contributed by atoms with Crippen molar-refractivity contribution in [3.63, 3.8) is 0 Å². The molecule has 4 rings (SSSR count). The van der Waals surface area contributed by atoms with Gasteiger partial charge in [0, 0.05) is 50.0 Å². The van der Waals surface area contributed by atoms with Gasteiger partial charge in [-0.05, 0) is 66.4 Å². The minimum atomic E-state index is -0.379. The SMILES string of the molecule is CN(C)c1ccc(NC(=O)C2CC2)cc1CN(Cc1ccccc1)C(=O)c1ccc(F)cc1. The number of benzene rings is 3. The van der Waals surface area contributed by atoms with E-state index in [1.165, 1.54) is 24.3 Å². The fraction of sp³-hybridized carbons (Fsp3) is 0.259. The molecule has 0 radical (unpaired) electrons. The molecule has 3 aromatic carbocycles. The number of amides is 2. The molecule has 0 atom stereocenters. The predicted molar refractivity (Wildman–Crippen MR) is 129 cm³/mol. The number of nitrogens with one attached hydrogen (secondary N) is 1. The second-order valence-corrected chi connectivity index (χ2v) is 8.66. The molecule has 0 unspecified atom stereocenters. The Labute approximate surface area is 193 Å². The van der Waals surface area contributed by atoms with E-state index in [1.54, 1.807) is 4.90 Å². The van der Waals surface area contributed by atoms with Crippen LogP contribution in [0.25, 0.3) is 0 Å². The lowest BCUT2D eigenvalue weighted by Gasteiger charge is -2.26. The van der Waals surface area contributed by atoms with Crippen LogP contribution in [0.4, 0.5) is 15.8 Å². The fourth-order valence-electron chi connectivity index (χ4n) is 3.80. The minimum absolute atomic E-state index is 0.0436. The van der Waals surface area contributed by atoms with Crippen LogP contribution >= 0.6 is 0 Å². The highest BCUT2D eigenvalue weighted by atomic mass is 19.1. The molecule has 0 spiro atoms. The maximum absolute atomic E-state index is 13.4. The molecule has 0 saturated heterocycles. The summed E-state index contributed by atoms with van der Waals surface area (Å²) in [6, 6.07) is 21.2. The first-order chi connectivity index (χ1) is 15.9. The van der Waals surface area contributed by atoms with Gasteiger partial charge in [-0.15, -0.1) is 0 Å². The van der Waals surface area contributed by atoms with Crippen LogP contribution in [-0.2, 0) is 17.9 Å². The average molecular weight is 446 g/mol. The van der Waals surface area contributed by atoms with Crippen molar-refractivity contribution in [2.45, 2.75) is 25.9 Å². The predicted octanol–water partition coefficient (Wildman–Crippen LogP) is 5.08. The molecule has 0 bridgehead atoms. The maximum atomic E-state index is 13.4. The minimum Gasteiger partial charge on any atom is -0.377 e. The van der Waals surface area contributed by atoms with Crippen molar-refractivity contribution in [1.29, 1.82) is 0 Å². The second-order valence-electron chi connectivity index (χ2n) is 8.66. The highest BCUT2D eigenvalue weighted by molar-refractivity contribution is 5.95. The van der Waals surface area contributed by atoms with Crippen molar-refractivity contribution in [2.24, 2.45) is 5.92 Å². The quantitative estimate of drug-likeness (QED) is 0.526. The summed E-state index contributed by atoms with van der Waals surface area (Å²) < 4.78 is 13.4. The van der Waals surface area contributed by atoms with Crippen molar-refractivity contribution in [3.05, 3.63) is 95.3 Å². The van der Waals surface area contributed by atoms with E-state index in [-0.39, 0.29) is 23.5 Å². The van der Waals surface area contributed by atoms with E-state index in [4.69, 9.17) is 0 Å². The Morgan fingerprint density at radius 3 is 2.27 bits per heavy atom. The van der Waals surface area contributed by atoms with E-state index in [2.05, 4.69) is 5.32 Å². The van der Waals surface area contributed by atoms with Crippen LogP contribution in [-0.4, -0.2) is 30.8 Å². The monoisotopic (exact) mass is 445 g/mol. The lowest BCUT2D eigenvalue weighted by Crippen LogP contribution is -2.31. The molecule has 1 saturated carbocycles. The molecule has 170 valence electrons. The number of carbonyl (C=O) groups excluding carboxylic acids is 2. The zero-order valence-electron chi connectivity index (χ0n) is 18.9. The molecule has 5 nitrogen and oxygen atoms in total. The molecule has 1 N–H and O–H groups in total. The summed E-state index contributed by atoms with van der Waals surface area (Å²) in [7, 11) is 3.90. The molecule has 0 heterocycles. The van der Waals surface area contributed by atoms with Crippen molar-refractivity contribution in [3.8, 4) is 0 Å². The van der Waals surface area contributed by atoms with E-state index in [0.717, 1.165) is 35.3 Å². The van der Waals surface area contributed by atoms with Crippen molar-refractivity contribution >= 4 is 23.2 Å². The van der Waals surface area contributed by atoms with Gasteiger partial charge in [0.1, 0.15) is 5.82 Å². The first kappa shape index (κ1) is 22.5. The van der Waals surface area contributed by atoms with Crippen LogP contribution in [0.5, 0.6) is 0 Å². The number of rotatable bonds is 8. The van der Waals surface area contributed by atoms with Crippen molar-refractivity contribution in [2.75, 3.05) is 24.3 Å². The molecule has 1 fully saturated rings. The van der Waals surface area contributed by atoms with Gasteiger partial charge in [0.2, 0.25) is 5.91 Å². The molecule has 0 aromatic heterocycles. The van der Waals surface area contributed by atoms with Gasteiger partial charge in [-0.1, -0.05) is 30.3 Å². The van der Waals surface area contributed by atoms with Crippen molar-refractivity contribution < 1.29 is 14.0 Å². The highest BCUT2D eigenvalue weighted by Crippen LogP contribution is 2.31. The molecule has 1 aliphatic carbocycles. The Balaban J connectivity index is 1.65. The zero-order valence-corrected chi connectivity index (χ0v) is 18.9. The third-order valence-electron chi connectivity index (χ3n) is 5.73. The van der Waals surface area contributed by atoms with Crippen LogP contribution in [0.15, 0.2) is 72.8 Å². The van der Waals surface area contributed by atoms with Gasteiger partial charge >= 0.3 is 0 Å². The molecule has 6 heteroatoms. The average Bonchev–Trinajstić information content (AvgIpc) is 3.65. The lowest BCUT2D eigenvalue weighted by molar-refractivity contribution is -0.117. The summed E-state index contributed by atoms with van der Waals surface area (Å²) in [4.78, 5) is 29.4. The van der Waals surface area contributed by atoms with Gasteiger partial charge in [-0.2, -0.15) is 0 Å². The van der Waals surface area contributed by atoms with E-state index >= 15 is 0 Å². The third-order valence-corrected chi connectivity index (χ3v) is 5.73. The fourth-order valence-corrected chi connectivity index (χ4v) is 3.80. The van der Waals surface area contributed by atoms with Gasteiger partial charge in [-0.25, -0.2) is 4.39 Å². The molecule has 3 aromatic rings. The van der Waals surface area contributed by atoms with Gasteiger partial charge in [0.05, 0.1) is 0 Å². The summed E-state index contributed by atoms with van der Waals surface area (Å²) >= 11 is 0. The molecule has 0 aliphatic heterocycles. The van der Waals surface area contributed by atoms with Crippen LogP contribution in [0.3, 0.4) is 0 Å². The number of hydrogen-bond donors (Lipinski definition) is 1. The van der Waals surface area contributed by atoms with E-state index < -0.39 is 0 Å². The largest absolute Gasteiger partial charge is 0.377 e. The summed E-state index contributed by atoms with van der Waals surface area (Å²) in [6.07, 6.45) is 1.87. The molecule has 2 amide bonds. The Morgan fingerprint density at radius 1 is 0.939 bits per heavy atom. The van der Waals surface area contributed by atoms with E-state index in [9.17, 15) is 14.0 Å². The summed E-state index contributed by atoms with van der Waals surface area (Å²) in [5.74, 6) is -0.412. The Kier molecular flexibility index (Phi) is 6.73. The number of nitrogens with zero attached hydrogens (tertiary/aromatic N) is 2. The van der Waals surface area contributed by atoms with Crippen LogP contribution < -0.4 is 10.2 Å². The topological polar surface area (TPSA) is 52.7 Å². The van der Waals surface area contributed by atoms with Crippen LogP contribution in [0, 0.1) is 11.7 Å². The van der Waals surface area contributed by atoms with Gasteiger partial charge in [0.25, 0.3) is 5.91 Å². The van der Waals surface area contributed by atoms with E-state index in [0.29, 0.717) is 18.7 Å². The van der Waals surface area contributed by atoms with Gasteiger partial charge in [0.15, 0.2) is 0 Å². The first-order valence-corrected chi connectivity index (χ1v) is 11.1. The standard InChI is InChI=1S/C27H28FN3O2/c1-30(2)25-15-14-24(29-26(32)20-8-9-20)16-22(25)18-31(17-19-6-4-3-5-7-19)27(33)21-10-12-23(28)13-11-21/h3-7,10-16,20H,8-9,17-18H2,1-2H3,(H,29,32). The number of carbonyl (C=O) groups is 2. The Bertz CT molecular complexity index is 1130. The van der Waals surface area contributed by atoms with Crippen LogP contribution in [0.2, 0.25) is 0 Å². The van der Waals surface area contributed by atoms with Crippen molar-refractivity contribution in [1.82, 2.24) is 4.90 Å². The highest BCUT2D eigenvalue weighted by Gasteiger charge is 2.29. The maximum Gasteiger partial charge on any atom is 0.254 e. The zero-order chi connectivity index (χ0) is 23.4. The summed E-state index contributed by atoms with van der Waals surface area (Å²) in [5.41, 5.74) is 4.03. The Morgan fingerprint density at radius 2 is 1.64 bits per heavy atom. The van der Waals surface area contributed by atoms with Gasteiger partial charge < -0.3 is 15.1 Å². The molecule has 33 heavy (non-hydrogen) atoms. The second kappa shape index (κ2) is 9.86. The molecular weight excluding hydrogens is 417 g/mol. The third kappa shape index (κ3) is 5.77. The number of hydrogen-bond acceptors (Lipinski definition) is 3. The van der Waals surface area contributed by atoms with Crippen LogP contribution in [0.1, 0.15) is 34.3 Å². The smallest absolute Gasteiger partial charge is 0.254 e.